The van der Waals surface area contributed by atoms with Crippen molar-refractivity contribution in [1.82, 2.24) is 0 Å². The number of oxime groups is 1. The van der Waals surface area contributed by atoms with Gasteiger partial charge in [-0.1, -0.05) is 40.9 Å². The van der Waals surface area contributed by atoms with Crippen LogP contribution in [0.15, 0.2) is 27.8 Å². The Morgan fingerprint density at radius 3 is 2.75 bits per heavy atom. The third kappa shape index (κ3) is 3.45. The molecule has 1 aromatic carbocycles. The average Bonchev–Trinajstić information content (AvgIpc) is 2.47. The first-order valence-electron chi connectivity index (χ1n) is 7.18. The van der Waals surface area contributed by atoms with Gasteiger partial charge in [-0.3, -0.25) is 0 Å². The molecule has 0 atom stereocenters. The molecule has 0 aromatic heterocycles. The molecule has 1 aliphatic heterocycles. The van der Waals surface area contributed by atoms with Crippen LogP contribution in [-0.4, -0.2) is 24.1 Å². The largest absolute Gasteiger partial charge is 0.409 e. The number of hydrogen-bond acceptors (Lipinski definition) is 3. The van der Waals surface area contributed by atoms with E-state index >= 15 is 0 Å². The van der Waals surface area contributed by atoms with E-state index in [0.717, 1.165) is 34.7 Å². The van der Waals surface area contributed by atoms with Gasteiger partial charge in [0.15, 0.2) is 5.84 Å². The van der Waals surface area contributed by atoms with Crippen LogP contribution in [0.1, 0.15) is 38.2 Å². The van der Waals surface area contributed by atoms with Gasteiger partial charge in [0.25, 0.3) is 0 Å². The Bertz CT molecular complexity index is 482. The van der Waals surface area contributed by atoms with Crippen molar-refractivity contribution in [2.75, 3.05) is 18.0 Å². The monoisotopic (exact) mass is 339 g/mol. The number of nitrogens with two attached hydrogens (primary N) is 1. The maximum absolute atomic E-state index is 8.93. The molecular formula is C15H22BrN3O. The number of nitrogens with zero attached hydrogens (tertiary/aromatic N) is 2. The molecular weight excluding hydrogens is 318 g/mol. The molecule has 1 heterocycles. The lowest BCUT2D eigenvalue weighted by Crippen LogP contribution is -2.35. The fourth-order valence-electron chi connectivity index (χ4n) is 2.91. The average molecular weight is 340 g/mol. The molecule has 0 spiro atoms. The van der Waals surface area contributed by atoms with Gasteiger partial charge in [0.2, 0.25) is 0 Å². The van der Waals surface area contributed by atoms with E-state index < -0.39 is 0 Å². The van der Waals surface area contributed by atoms with E-state index in [2.05, 4.69) is 32.9 Å². The summed E-state index contributed by atoms with van der Waals surface area (Å²) in [6.45, 7) is 4.32. The molecule has 1 saturated heterocycles. The quantitative estimate of drug-likeness (QED) is 0.381. The Balaban J connectivity index is 2.18. The first-order valence-corrected chi connectivity index (χ1v) is 7.97. The molecule has 5 heteroatoms. The van der Waals surface area contributed by atoms with Crippen molar-refractivity contribution in [2.45, 2.75) is 32.6 Å². The first-order chi connectivity index (χ1) is 9.65. The van der Waals surface area contributed by atoms with Gasteiger partial charge >= 0.3 is 0 Å². The summed E-state index contributed by atoms with van der Waals surface area (Å²) in [6, 6.07) is 5.86. The van der Waals surface area contributed by atoms with Crippen LogP contribution in [0, 0.1) is 5.92 Å². The number of halogens is 1. The van der Waals surface area contributed by atoms with E-state index in [1.165, 1.54) is 25.7 Å². The van der Waals surface area contributed by atoms with Gasteiger partial charge in [-0.05, 0) is 37.0 Å². The topological polar surface area (TPSA) is 61.8 Å². The minimum Gasteiger partial charge on any atom is -0.409 e. The molecule has 0 unspecified atom stereocenters. The first kappa shape index (κ1) is 15.2. The summed E-state index contributed by atoms with van der Waals surface area (Å²) in [6.07, 6.45) is 5.02. The highest BCUT2D eigenvalue weighted by atomic mass is 79.9. The molecule has 0 amide bonds. The molecule has 0 bridgehead atoms. The maximum atomic E-state index is 8.93. The summed E-state index contributed by atoms with van der Waals surface area (Å²) in [5.74, 6) is 1.01. The van der Waals surface area contributed by atoms with Gasteiger partial charge in [-0.2, -0.15) is 0 Å². The zero-order valence-electron chi connectivity index (χ0n) is 11.8. The maximum Gasteiger partial charge on any atom is 0.172 e. The standard InChI is InChI=1S/C15H22BrN3O/c1-2-3-11-6-8-19(9-7-11)14-10-12(16)4-5-13(14)15(17)18-20/h4-5,10-11,20H,2-3,6-9H2,1H3,(H2,17,18). The van der Waals surface area contributed by atoms with Crippen molar-refractivity contribution >= 4 is 27.5 Å². The Kier molecular flexibility index (Phi) is 5.29. The lowest BCUT2D eigenvalue weighted by Gasteiger charge is -2.34. The molecule has 3 N–H and O–H groups in total. The highest BCUT2D eigenvalue weighted by Crippen LogP contribution is 2.30. The molecule has 20 heavy (non-hydrogen) atoms. The normalized spacial score (nSPS) is 17.5. The molecule has 2 rings (SSSR count). The molecule has 0 aliphatic carbocycles. The molecule has 1 aromatic rings. The van der Waals surface area contributed by atoms with Crippen LogP contribution < -0.4 is 10.6 Å². The van der Waals surface area contributed by atoms with Crippen LogP contribution in [0.5, 0.6) is 0 Å². The van der Waals surface area contributed by atoms with E-state index in [-0.39, 0.29) is 5.84 Å². The molecule has 1 fully saturated rings. The Hall–Kier alpha value is -1.23. The van der Waals surface area contributed by atoms with E-state index in [4.69, 9.17) is 10.9 Å². The summed E-state index contributed by atoms with van der Waals surface area (Å²) in [7, 11) is 0. The smallest absolute Gasteiger partial charge is 0.172 e. The number of anilines is 1. The van der Waals surface area contributed by atoms with Crippen LogP contribution in [0.3, 0.4) is 0 Å². The second-order valence-corrected chi connectivity index (χ2v) is 6.28. The zero-order chi connectivity index (χ0) is 14.5. The number of piperidine rings is 1. The predicted octanol–water partition coefficient (Wildman–Crippen LogP) is 3.56. The molecule has 0 radical (unpaired) electrons. The van der Waals surface area contributed by atoms with Gasteiger partial charge in [-0.15, -0.1) is 0 Å². The summed E-state index contributed by atoms with van der Waals surface area (Å²) in [4.78, 5) is 2.34. The molecule has 0 saturated carbocycles. The van der Waals surface area contributed by atoms with Crippen molar-refractivity contribution < 1.29 is 5.21 Å². The Morgan fingerprint density at radius 2 is 2.15 bits per heavy atom. The second kappa shape index (κ2) is 6.97. The lowest BCUT2D eigenvalue weighted by atomic mass is 9.92. The van der Waals surface area contributed by atoms with Crippen LogP contribution in [0.4, 0.5) is 5.69 Å². The van der Waals surface area contributed by atoms with Crippen molar-refractivity contribution in [3.8, 4) is 0 Å². The Morgan fingerprint density at radius 1 is 1.45 bits per heavy atom. The van der Waals surface area contributed by atoms with Crippen molar-refractivity contribution in [2.24, 2.45) is 16.8 Å². The van der Waals surface area contributed by atoms with E-state index in [1.54, 1.807) is 0 Å². The van der Waals surface area contributed by atoms with Crippen LogP contribution >= 0.6 is 15.9 Å². The highest BCUT2D eigenvalue weighted by molar-refractivity contribution is 9.10. The van der Waals surface area contributed by atoms with Crippen LogP contribution in [0.2, 0.25) is 0 Å². The summed E-state index contributed by atoms with van der Waals surface area (Å²) in [5, 5.41) is 12.1. The number of amidine groups is 1. The summed E-state index contributed by atoms with van der Waals surface area (Å²) in [5.41, 5.74) is 7.63. The lowest BCUT2D eigenvalue weighted by molar-refractivity contribution is 0.318. The van der Waals surface area contributed by atoms with Crippen LogP contribution in [-0.2, 0) is 0 Å². The van der Waals surface area contributed by atoms with Crippen molar-refractivity contribution in [1.29, 1.82) is 0 Å². The fourth-order valence-corrected chi connectivity index (χ4v) is 3.26. The molecule has 110 valence electrons. The summed E-state index contributed by atoms with van der Waals surface area (Å²) >= 11 is 3.50. The zero-order valence-corrected chi connectivity index (χ0v) is 13.4. The van der Waals surface area contributed by atoms with Gasteiger partial charge in [0.1, 0.15) is 0 Å². The molecule has 4 nitrogen and oxygen atoms in total. The highest BCUT2D eigenvalue weighted by Gasteiger charge is 2.21. The number of rotatable bonds is 4. The minimum atomic E-state index is 0.170. The SMILES string of the molecule is CCCC1CCN(c2cc(Br)ccc2/C(N)=N/O)CC1. The van der Waals surface area contributed by atoms with Crippen molar-refractivity contribution in [3.05, 3.63) is 28.2 Å². The van der Waals surface area contributed by atoms with E-state index in [9.17, 15) is 0 Å². The fraction of sp³-hybridized carbons (Fsp3) is 0.533. The third-order valence-electron chi connectivity index (χ3n) is 4.00. The van der Waals surface area contributed by atoms with Gasteiger partial charge in [0.05, 0.1) is 0 Å². The summed E-state index contributed by atoms with van der Waals surface area (Å²) < 4.78 is 1.01. The third-order valence-corrected chi connectivity index (χ3v) is 4.49. The van der Waals surface area contributed by atoms with Gasteiger partial charge in [-0.25, -0.2) is 0 Å². The number of hydrogen-bond donors (Lipinski definition) is 2. The van der Waals surface area contributed by atoms with Gasteiger partial charge < -0.3 is 15.8 Å². The predicted molar refractivity (Wildman–Crippen MR) is 86.5 cm³/mol. The number of benzene rings is 1. The second-order valence-electron chi connectivity index (χ2n) is 5.37. The molecule has 1 aliphatic rings. The Labute approximate surface area is 128 Å². The van der Waals surface area contributed by atoms with E-state index in [1.807, 2.05) is 18.2 Å². The van der Waals surface area contributed by atoms with Crippen molar-refractivity contribution in [3.63, 3.8) is 0 Å². The van der Waals surface area contributed by atoms with E-state index in [0.29, 0.717) is 0 Å². The van der Waals surface area contributed by atoms with Gasteiger partial charge in [0, 0.05) is 28.8 Å². The minimum absolute atomic E-state index is 0.170. The van der Waals surface area contributed by atoms with Crippen LogP contribution in [0.25, 0.3) is 0 Å².